The average molecular weight is 587 g/mol. The molecule has 2 aromatic rings. The molecule has 0 atom stereocenters. The van der Waals surface area contributed by atoms with E-state index < -0.39 is 0 Å². The number of unbranched alkanes of at least 4 members (excludes halogenated alkanes) is 12. The number of hydrogen-bond acceptors (Lipinski definition) is 0. The Bertz CT molecular complexity index is 579. The molecular weight excluding hydrogens is 526 g/mol. The van der Waals surface area contributed by atoms with Crippen LogP contribution < -0.4 is 10.6 Å². The summed E-state index contributed by atoms with van der Waals surface area (Å²) < 4.78 is 0. The predicted molar refractivity (Wildman–Crippen MR) is 173 cm³/mol. The molecule has 0 aliphatic rings. The maximum Gasteiger partial charge on any atom is 0 e. The molecule has 0 saturated heterocycles. The molecule has 0 amide bonds. The molecule has 0 nitrogen and oxygen atoms in total. The summed E-state index contributed by atoms with van der Waals surface area (Å²) in [5.74, 6) is 0. The van der Waals surface area contributed by atoms with Crippen LogP contribution >= 0.6 is 15.8 Å². The molecule has 2 rings (SSSR count). The molecule has 3 heteroatoms. The number of rotatable bonds is 22. The van der Waals surface area contributed by atoms with Gasteiger partial charge in [0.25, 0.3) is 0 Å². The Morgan fingerprint density at radius 2 is 0.919 bits per heavy atom. The normalized spacial score (nSPS) is 11.0. The third-order valence-electron chi connectivity index (χ3n) is 7.13. The van der Waals surface area contributed by atoms with Gasteiger partial charge in [-0.15, -0.1) is 26.5 Å². The van der Waals surface area contributed by atoms with E-state index in [0.29, 0.717) is 0 Å². The Hall–Kier alpha value is 0.0795. The first-order valence-corrected chi connectivity index (χ1v) is 19.1. The van der Waals surface area contributed by atoms with Crippen LogP contribution in [0, 0.1) is 0 Å². The van der Waals surface area contributed by atoms with Crippen molar-refractivity contribution in [3.05, 3.63) is 48.5 Å². The zero-order valence-electron chi connectivity index (χ0n) is 25.0. The van der Waals surface area contributed by atoms with Crippen LogP contribution in [0.25, 0.3) is 0 Å². The molecule has 37 heavy (non-hydrogen) atoms. The topological polar surface area (TPSA) is 0 Å². The van der Waals surface area contributed by atoms with Crippen LogP contribution in [0.2, 0.25) is 0 Å². The zero-order chi connectivity index (χ0) is 26.1. The van der Waals surface area contributed by atoms with Crippen molar-refractivity contribution in [1.29, 1.82) is 0 Å². The van der Waals surface area contributed by atoms with Gasteiger partial charge in [0.2, 0.25) is 0 Å². The Kier molecular flexibility index (Phi) is 27.7. The van der Waals surface area contributed by atoms with Crippen LogP contribution in [0.15, 0.2) is 48.5 Å². The molecule has 0 N–H and O–H groups in total. The van der Waals surface area contributed by atoms with E-state index in [2.05, 4.69) is 45.9 Å². The average Bonchev–Trinajstić information content (AvgIpc) is 3.63. The standard InChI is InChI=1S/C29H55P2.C5H5.Fe/c1-5-9-13-17-24-30(25-18-14-10-6-2)28-22-21-23-29(28)31(26-19-15-11-7-3)27-20-16-12-8-4;1-2-4-5-3-1;/h21-23H,5-20,24-27H2,1-4H3;1-5H;/q-1;-5;. The molecule has 0 heterocycles. The molecule has 0 aliphatic heterocycles. The van der Waals surface area contributed by atoms with Crippen molar-refractivity contribution in [2.75, 3.05) is 24.6 Å². The third kappa shape index (κ3) is 18.9. The van der Waals surface area contributed by atoms with Gasteiger partial charge in [-0.25, -0.2) is 12.1 Å². The van der Waals surface area contributed by atoms with Gasteiger partial charge in [-0.2, -0.15) is 6.07 Å². The minimum absolute atomic E-state index is 0. The minimum Gasteiger partial charge on any atom is -0.748 e. The molecule has 0 aromatic heterocycles. The summed E-state index contributed by atoms with van der Waals surface area (Å²) in [6, 6.07) is 17.5. The van der Waals surface area contributed by atoms with Gasteiger partial charge in [-0.1, -0.05) is 105 Å². The van der Waals surface area contributed by atoms with E-state index in [4.69, 9.17) is 0 Å². The van der Waals surface area contributed by atoms with Gasteiger partial charge in [-0.3, -0.25) is 0 Å². The second kappa shape index (κ2) is 27.6. The molecule has 0 aliphatic carbocycles. The summed E-state index contributed by atoms with van der Waals surface area (Å²) in [6.45, 7) is 9.36. The van der Waals surface area contributed by atoms with Crippen molar-refractivity contribution in [2.45, 2.75) is 130 Å². The van der Waals surface area contributed by atoms with Gasteiger partial charge < -0.3 is 30.3 Å². The van der Waals surface area contributed by atoms with Gasteiger partial charge in [0.05, 0.1) is 0 Å². The Morgan fingerprint density at radius 3 is 1.30 bits per heavy atom. The van der Waals surface area contributed by atoms with Crippen molar-refractivity contribution in [3.8, 4) is 0 Å². The Labute approximate surface area is 246 Å². The molecule has 0 bridgehead atoms. The van der Waals surface area contributed by atoms with E-state index >= 15 is 0 Å². The summed E-state index contributed by atoms with van der Waals surface area (Å²) in [5.41, 5.74) is 0. The van der Waals surface area contributed by atoms with Gasteiger partial charge in [0.1, 0.15) is 0 Å². The van der Waals surface area contributed by atoms with Crippen LogP contribution in [0.1, 0.15) is 130 Å². The van der Waals surface area contributed by atoms with Crippen molar-refractivity contribution in [3.63, 3.8) is 0 Å². The molecule has 0 spiro atoms. The Morgan fingerprint density at radius 1 is 0.541 bits per heavy atom. The molecule has 0 unspecified atom stereocenters. The van der Waals surface area contributed by atoms with Crippen LogP contribution in [-0.2, 0) is 17.1 Å². The SMILES string of the molecule is CCCCCCP(CCCCCC)c1ccc[c-]1P(CCCCCC)CCCCCC.[Fe].[cH-]1[cH-][cH-][cH-][cH-]1. The molecule has 0 saturated carbocycles. The third-order valence-corrected chi connectivity index (χ3v) is 12.9. The van der Waals surface area contributed by atoms with Gasteiger partial charge in [0, 0.05) is 17.1 Å². The zero-order valence-corrected chi connectivity index (χ0v) is 27.9. The fourth-order valence-electron chi connectivity index (χ4n) is 4.88. The molecule has 220 valence electrons. The summed E-state index contributed by atoms with van der Waals surface area (Å²) in [7, 11) is 0.135. The van der Waals surface area contributed by atoms with E-state index in [1.165, 1.54) is 127 Å². The summed E-state index contributed by atoms with van der Waals surface area (Å²) >= 11 is 0. The first-order chi connectivity index (χ1) is 17.8. The second-order valence-corrected chi connectivity index (χ2v) is 15.4. The van der Waals surface area contributed by atoms with Gasteiger partial charge >= 0.3 is 0 Å². The second-order valence-electron chi connectivity index (χ2n) is 10.5. The monoisotopic (exact) mass is 586 g/mol. The predicted octanol–water partition coefficient (Wildman–Crippen LogP) is 11.3. The quantitative estimate of drug-likeness (QED) is 0.0557. The van der Waals surface area contributed by atoms with Crippen molar-refractivity contribution >= 4 is 26.5 Å². The maximum atomic E-state index is 2.56. The van der Waals surface area contributed by atoms with Crippen LogP contribution in [0.3, 0.4) is 0 Å². The maximum absolute atomic E-state index is 2.56. The van der Waals surface area contributed by atoms with Crippen molar-refractivity contribution in [1.82, 2.24) is 0 Å². The largest absolute Gasteiger partial charge is 0.748 e. The fraction of sp³-hybridized carbons (Fsp3) is 0.706. The van der Waals surface area contributed by atoms with E-state index in [1.54, 1.807) is 0 Å². The summed E-state index contributed by atoms with van der Waals surface area (Å²) in [6.07, 6.45) is 28.7. The summed E-state index contributed by atoms with van der Waals surface area (Å²) in [5, 5.41) is 3.69. The van der Waals surface area contributed by atoms with Crippen molar-refractivity contribution < 1.29 is 17.1 Å². The van der Waals surface area contributed by atoms with Crippen LogP contribution in [0.4, 0.5) is 0 Å². The molecule has 0 radical (unpaired) electrons. The minimum atomic E-state index is 0. The summed E-state index contributed by atoms with van der Waals surface area (Å²) in [4.78, 5) is 0. The van der Waals surface area contributed by atoms with Crippen molar-refractivity contribution in [2.24, 2.45) is 0 Å². The fourth-order valence-corrected chi connectivity index (χ4v) is 11.0. The van der Waals surface area contributed by atoms with Crippen LogP contribution in [0.5, 0.6) is 0 Å². The van der Waals surface area contributed by atoms with E-state index in [0.717, 1.165) is 0 Å². The van der Waals surface area contributed by atoms with Crippen LogP contribution in [-0.4, -0.2) is 24.6 Å². The van der Waals surface area contributed by atoms with E-state index in [9.17, 15) is 0 Å². The number of hydrogen-bond donors (Lipinski definition) is 0. The molecular formula is C34H60FeP2-6. The molecule has 0 fully saturated rings. The van der Waals surface area contributed by atoms with Gasteiger partial charge in [-0.05, 0) is 50.3 Å². The molecule has 2 aromatic carbocycles. The van der Waals surface area contributed by atoms with E-state index in [-0.39, 0.29) is 32.9 Å². The Balaban J connectivity index is 0.00000192. The first kappa shape index (κ1) is 37.1. The van der Waals surface area contributed by atoms with E-state index in [1.807, 2.05) is 40.9 Å². The smallest absolute Gasteiger partial charge is 0 e. The van der Waals surface area contributed by atoms with Gasteiger partial charge in [0.15, 0.2) is 0 Å². The first-order valence-electron chi connectivity index (χ1n) is 15.7.